The molecule has 1 amide bonds. The molecule has 0 fully saturated rings. The van der Waals surface area contributed by atoms with Crippen LogP contribution in [0.15, 0.2) is 36.4 Å². The van der Waals surface area contributed by atoms with Crippen molar-refractivity contribution < 1.29 is 26.7 Å². The minimum atomic E-state index is -4.75. The molecule has 2 rings (SSSR count). The number of rotatable bonds is 3. The number of hydrogen-bond donors (Lipinski definition) is 1. The molecule has 0 heterocycles. The van der Waals surface area contributed by atoms with Crippen LogP contribution in [0.1, 0.15) is 21.5 Å². The Hall–Kier alpha value is -2.15. The van der Waals surface area contributed by atoms with Crippen LogP contribution >= 0.6 is 11.6 Å². The Labute approximate surface area is 132 Å². The second kappa shape index (κ2) is 6.54. The van der Waals surface area contributed by atoms with Crippen LogP contribution in [0.2, 0.25) is 5.02 Å². The Morgan fingerprint density at radius 1 is 1.04 bits per heavy atom. The summed E-state index contributed by atoms with van der Waals surface area (Å²) in [5, 5.41) is 2.07. The van der Waals surface area contributed by atoms with E-state index >= 15 is 0 Å². The first-order valence-corrected chi connectivity index (χ1v) is 6.65. The van der Waals surface area contributed by atoms with Crippen molar-refractivity contribution in [2.75, 3.05) is 0 Å². The highest BCUT2D eigenvalue weighted by atomic mass is 35.5. The lowest BCUT2D eigenvalue weighted by Gasteiger charge is -2.14. The molecular weight excluding hydrogens is 341 g/mol. The van der Waals surface area contributed by atoms with Crippen LogP contribution in [0.4, 0.5) is 22.0 Å². The largest absolute Gasteiger partial charge is 0.416 e. The summed E-state index contributed by atoms with van der Waals surface area (Å²) in [6.07, 6.45) is -4.75. The van der Waals surface area contributed by atoms with Gasteiger partial charge >= 0.3 is 6.18 Å². The van der Waals surface area contributed by atoms with Crippen molar-refractivity contribution in [2.45, 2.75) is 12.7 Å². The lowest BCUT2D eigenvalue weighted by molar-refractivity contribution is -0.138. The van der Waals surface area contributed by atoms with Crippen molar-refractivity contribution >= 4 is 17.5 Å². The third-order valence-corrected chi connectivity index (χ3v) is 3.31. The van der Waals surface area contributed by atoms with Gasteiger partial charge in [-0.25, -0.2) is 8.78 Å². The van der Waals surface area contributed by atoms with Crippen molar-refractivity contribution in [3.8, 4) is 0 Å². The molecule has 8 heteroatoms. The highest BCUT2D eigenvalue weighted by Gasteiger charge is 2.33. The first kappa shape index (κ1) is 17.2. The molecular formula is C15H9ClF5NO. The van der Waals surface area contributed by atoms with Crippen LogP contribution in [-0.4, -0.2) is 5.91 Å². The standard InChI is InChI=1S/C15H9ClF5NO/c16-13-6-10(18)3-4-11(13)14(23)22-7-8-1-2-9(17)5-12(8)15(19,20)21/h1-6H,7H2,(H,22,23). The van der Waals surface area contributed by atoms with Gasteiger partial charge in [0.1, 0.15) is 11.6 Å². The SMILES string of the molecule is O=C(NCc1ccc(F)cc1C(F)(F)F)c1ccc(F)cc1Cl. The van der Waals surface area contributed by atoms with E-state index in [-0.39, 0.29) is 16.1 Å². The molecule has 0 aliphatic heterocycles. The number of nitrogens with one attached hydrogen (secondary N) is 1. The molecule has 0 aromatic heterocycles. The zero-order chi connectivity index (χ0) is 17.2. The summed E-state index contributed by atoms with van der Waals surface area (Å²) in [6, 6.07) is 5.18. The van der Waals surface area contributed by atoms with Gasteiger partial charge in [0.05, 0.1) is 16.1 Å². The van der Waals surface area contributed by atoms with Crippen LogP contribution in [0, 0.1) is 11.6 Å². The van der Waals surface area contributed by atoms with E-state index in [0.29, 0.717) is 6.07 Å². The molecule has 122 valence electrons. The van der Waals surface area contributed by atoms with Gasteiger partial charge in [-0.3, -0.25) is 4.79 Å². The Kier molecular flexibility index (Phi) is 4.89. The molecule has 0 unspecified atom stereocenters. The maximum atomic E-state index is 13.0. The number of carbonyl (C=O) groups excluding carboxylic acids is 1. The van der Waals surface area contributed by atoms with Gasteiger partial charge < -0.3 is 5.32 Å². The molecule has 0 aliphatic carbocycles. The van der Waals surface area contributed by atoms with E-state index in [1.165, 1.54) is 0 Å². The molecule has 1 N–H and O–H groups in total. The third kappa shape index (κ3) is 4.19. The normalized spacial score (nSPS) is 11.4. The van der Waals surface area contributed by atoms with Gasteiger partial charge in [0.15, 0.2) is 0 Å². The minimum Gasteiger partial charge on any atom is -0.348 e. The Morgan fingerprint density at radius 2 is 1.65 bits per heavy atom. The lowest BCUT2D eigenvalue weighted by atomic mass is 10.1. The maximum Gasteiger partial charge on any atom is 0.416 e. The molecule has 2 nitrogen and oxygen atoms in total. The average molecular weight is 350 g/mol. The highest BCUT2D eigenvalue weighted by molar-refractivity contribution is 6.33. The van der Waals surface area contributed by atoms with Crippen molar-refractivity contribution in [3.63, 3.8) is 0 Å². The molecule has 0 spiro atoms. The van der Waals surface area contributed by atoms with Gasteiger partial charge in [-0.05, 0) is 35.9 Å². The highest BCUT2D eigenvalue weighted by Crippen LogP contribution is 2.32. The molecule has 0 radical (unpaired) electrons. The van der Waals surface area contributed by atoms with Crippen molar-refractivity contribution in [2.24, 2.45) is 0 Å². The summed E-state index contributed by atoms with van der Waals surface area (Å²) in [4.78, 5) is 11.9. The van der Waals surface area contributed by atoms with Gasteiger partial charge in [0.25, 0.3) is 5.91 Å². The molecule has 0 bridgehead atoms. The second-order valence-corrected chi connectivity index (χ2v) is 5.01. The summed E-state index contributed by atoms with van der Waals surface area (Å²) < 4.78 is 64.4. The fourth-order valence-corrected chi connectivity index (χ4v) is 2.16. The van der Waals surface area contributed by atoms with E-state index in [0.717, 1.165) is 30.3 Å². The molecule has 0 aliphatic rings. The molecule has 0 saturated heterocycles. The molecule has 0 saturated carbocycles. The summed E-state index contributed by atoms with van der Waals surface area (Å²) >= 11 is 5.70. The summed E-state index contributed by atoms with van der Waals surface area (Å²) in [6.45, 7) is -0.484. The lowest BCUT2D eigenvalue weighted by Crippen LogP contribution is -2.25. The fraction of sp³-hybridized carbons (Fsp3) is 0.133. The van der Waals surface area contributed by atoms with Crippen LogP contribution in [-0.2, 0) is 12.7 Å². The average Bonchev–Trinajstić information content (AvgIpc) is 2.44. The second-order valence-electron chi connectivity index (χ2n) is 4.61. The maximum absolute atomic E-state index is 13.0. The van der Waals surface area contributed by atoms with E-state index in [1.807, 2.05) is 0 Å². The topological polar surface area (TPSA) is 29.1 Å². The number of benzene rings is 2. The third-order valence-electron chi connectivity index (χ3n) is 2.99. The number of halogens is 6. The summed E-state index contributed by atoms with van der Waals surface area (Å²) in [7, 11) is 0. The molecule has 0 atom stereocenters. The van der Waals surface area contributed by atoms with Crippen molar-refractivity contribution in [1.82, 2.24) is 5.32 Å². The van der Waals surface area contributed by atoms with E-state index < -0.39 is 35.8 Å². The number of hydrogen-bond acceptors (Lipinski definition) is 1. The Balaban J connectivity index is 2.19. The molecule has 2 aromatic carbocycles. The van der Waals surface area contributed by atoms with E-state index in [4.69, 9.17) is 11.6 Å². The Bertz CT molecular complexity index is 745. The number of alkyl halides is 3. The number of amides is 1. The van der Waals surface area contributed by atoms with Crippen molar-refractivity contribution in [1.29, 1.82) is 0 Å². The predicted molar refractivity (Wildman–Crippen MR) is 74.0 cm³/mol. The van der Waals surface area contributed by atoms with E-state index in [2.05, 4.69) is 5.32 Å². The predicted octanol–water partition coefficient (Wildman–Crippen LogP) is 4.57. The quantitative estimate of drug-likeness (QED) is 0.808. The van der Waals surface area contributed by atoms with Crippen LogP contribution in [0.25, 0.3) is 0 Å². The van der Waals surface area contributed by atoms with E-state index in [1.54, 1.807) is 0 Å². The van der Waals surface area contributed by atoms with Gasteiger partial charge in [-0.15, -0.1) is 0 Å². The monoisotopic (exact) mass is 349 g/mol. The Morgan fingerprint density at radius 3 is 2.26 bits per heavy atom. The molecule has 2 aromatic rings. The molecule has 23 heavy (non-hydrogen) atoms. The van der Waals surface area contributed by atoms with E-state index in [9.17, 15) is 26.7 Å². The zero-order valence-corrected chi connectivity index (χ0v) is 12.1. The fourth-order valence-electron chi connectivity index (χ4n) is 1.91. The van der Waals surface area contributed by atoms with Crippen molar-refractivity contribution in [3.05, 3.63) is 69.7 Å². The smallest absolute Gasteiger partial charge is 0.348 e. The summed E-state index contributed by atoms with van der Waals surface area (Å²) in [5.41, 5.74) is -1.56. The van der Waals surface area contributed by atoms with Crippen LogP contribution in [0.3, 0.4) is 0 Å². The summed E-state index contributed by atoms with van der Waals surface area (Å²) in [5.74, 6) is -2.45. The first-order chi connectivity index (χ1) is 10.7. The van der Waals surface area contributed by atoms with Gasteiger partial charge in [0.2, 0.25) is 0 Å². The van der Waals surface area contributed by atoms with Crippen LogP contribution in [0.5, 0.6) is 0 Å². The minimum absolute atomic E-state index is 0.0799. The first-order valence-electron chi connectivity index (χ1n) is 6.27. The van der Waals surface area contributed by atoms with Gasteiger partial charge in [-0.1, -0.05) is 17.7 Å². The van der Waals surface area contributed by atoms with Crippen LogP contribution < -0.4 is 5.32 Å². The number of carbonyl (C=O) groups is 1. The van der Waals surface area contributed by atoms with Gasteiger partial charge in [0, 0.05) is 6.54 Å². The van der Waals surface area contributed by atoms with Gasteiger partial charge in [-0.2, -0.15) is 13.2 Å². The zero-order valence-electron chi connectivity index (χ0n) is 11.3.